The van der Waals surface area contributed by atoms with Gasteiger partial charge >= 0.3 is 5.97 Å². The molecule has 1 unspecified atom stereocenters. The van der Waals surface area contributed by atoms with Crippen LogP contribution < -0.4 is 0 Å². The Morgan fingerprint density at radius 3 is 2.47 bits per heavy atom. The van der Waals surface area contributed by atoms with E-state index in [0.717, 1.165) is 26.4 Å². The Morgan fingerprint density at radius 1 is 1.41 bits per heavy atom. The Morgan fingerprint density at radius 2 is 2.00 bits per heavy atom. The molecule has 4 nitrogen and oxygen atoms in total. The van der Waals surface area contributed by atoms with Crippen LogP contribution in [0.5, 0.6) is 0 Å². The zero-order valence-electron chi connectivity index (χ0n) is 9.73. The first-order valence-electron chi connectivity index (χ1n) is 4.77. The average molecular weight is 260 g/mol. The molecule has 0 bridgehead atoms. The maximum atomic E-state index is 14.1. The number of rotatable bonds is 3. The Hall–Kier alpha value is -1.43. The molecule has 0 N–H and O–H groups in total. The predicted molar refractivity (Wildman–Crippen MR) is 60.0 cm³/mol. The molecule has 94 valence electrons. The molecule has 0 aliphatic carbocycles. The number of ether oxygens (including phenoxy) is 1. The summed E-state index contributed by atoms with van der Waals surface area (Å²) in [5.41, 5.74) is -2.41. The lowest BCUT2D eigenvalue weighted by Gasteiger charge is -2.18. The second-order valence-electron chi connectivity index (χ2n) is 3.79. The SMILES string of the molecule is COC(=O)C(C)(F)c1cccc(S(C)(=O)=O)c1. The molecule has 0 spiro atoms. The van der Waals surface area contributed by atoms with Crippen molar-refractivity contribution in [1.82, 2.24) is 0 Å². The van der Waals surface area contributed by atoms with Gasteiger partial charge in [0.05, 0.1) is 12.0 Å². The van der Waals surface area contributed by atoms with Gasteiger partial charge in [-0.15, -0.1) is 0 Å². The van der Waals surface area contributed by atoms with Crippen molar-refractivity contribution in [1.29, 1.82) is 0 Å². The quantitative estimate of drug-likeness (QED) is 0.772. The minimum absolute atomic E-state index is 0.0391. The maximum Gasteiger partial charge on any atom is 0.348 e. The first kappa shape index (κ1) is 13.6. The topological polar surface area (TPSA) is 60.4 Å². The number of carbonyl (C=O) groups excluding carboxylic acids is 1. The van der Waals surface area contributed by atoms with Gasteiger partial charge in [-0.3, -0.25) is 0 Å². The fourth-order valence-electron chi connectivity index (χ4n) is 1.33. The molecule has 0 saturated heterocycles. The third-order valence-electron chi connectivity index (χ3n) is 2.37. The summed E-state index contributed by atoms with van der Waals surface area (Å²) < 4.78 is 41.1. The van der Waals surface area contributed by atoms with E-state index >= 15 is 0 Å². The zero-order valence-corrected chi connectivity index (χ0v) is 10.5. The van der Waals surface area contributed by atoms with Crippen molar-refractivity contribution >= 4 is 15.8 Å². The third kappa shape index (κ3) is 2.82. The van der Waals surface area contributed by atoms with Crippen LogP contribution in [-0.4, -0.2) is 27.8 Å². The van der Waals surface area contributed by atoms with E-state index in [0.29, 0.717) is 0 Å². The summed E-state index contributed by atoms with van der Waals surface area (Å²) in [6.45, 7) is 1.03. The second kappa shape index (κ2) is 4.44. The van der Waals surface area contributed by atoms with Crippen LogP contribution in [0.1, 0.15) is 12.5 Å². The molecule has 0 aromatic heterocycles. The van der Waals surface area contributed by atoms with Crippen LogP contribution in [0.3, 0.4) is 0 Å². The monoisotopic (exact) mass is 260 g/mol. The minimum Gasteiger partial charge on any atom is -0.466 e. The molecule has 6 heteroatoms. The average Bonchev–Trinajstić information content (AvgIpc) is 2.27. The lowest BCUT2D eigenvalue weighted by Crippen LogP contribution is -2.28. The fraction of sp³-hybridized carbons (Fsp3) is 0.364. The van der Waals surface area contributed by atoms with Crippen LogP contribution in [0, 0.1) is 0 Å². The van der Waals surface area contributed by atoms with Crippen molar-refractivity contribution in [2.24, 2.45) is 0 Å². The molecule has 1 rings (SSSR count). The van der Waals surface area contributed by atoms with Gasteiger partial charge in [-0.25, -0.2) is 17.6 Å². The Balaban J connectivity index is 3.30. The zero-order chi connectivity index (χ0) is 13.3. The molecular weight excluding hydrogens is 247 g/mol. The molecule has 0 heterocycles. The molecule has 0 aliphatic rings. The van der Waals surface area contributed by atoms with E-state index in [4.69, 9.17) is 0 Å². The van der Waals surface area contributed by atoms with E-state index in [9.17, 15) is 17.6 Å². The van der Waals surface area contributed by atoms with E-state index in [2.05, 4.69) is 4.74 Å². The summed E-state index contributed by atoms with van der Waals surface area (Å²) in [4.78, 5) is 11.2. The second-order valence-corrected chi connectivity index (χ2v) is 5.81. The summed E-state index contributed by atoms with van der Waals surface area (Å²) >= 11 is 0. The summed E-state index contributed by atoms with van der Waals surface area (Å²) in [6.07, 6.45) is 1.01. The number of hydrogen-bond acceptors (Lipinski definition) is 4. The summed E-state index contributed by atoms with van der Waals surface area (Å²) in [5, 5.41) is 0. The van der Waals surface area contributed by atoms with E-state index in [-0.39, 0.29) is 10.5 Å². The van der Waals surface area contributed by atoms with E-state index in [1.807, 2.05) is 0 Å². The maximum absolute atomic E-state index is 14.1. The normalized spacial score (nSPS) is 15.1. The number of hydrogen-bond donors (Lipinski definition) is 0. The number of methoxy groups -OCH3 is 1. The number of benzene rings is 1. The van der Waals surface area contributed by atoms with Gasteiger partial charge in [0.2, 0.25) is 5.67 Å². The highest BCUT2D eigenvalue weighted by atomic mass is 32.2. The highest BCUT2D eigenvalue weighted by Crippen LogP contribution is 2.28. The van der Waals surface area contributed by atoms with E-state index in [1.54, 1.807) is 0 Å². The Kier molecular flexibility index (Phi) is 3.56. The Labute approximate surface area is 99.3 Å². The van der Waals surface area contributed by atoms with Crippen molar-refractivity contribution < 1.29 is 22.3 Å². The van der Waals surface area contributed by atoms with Crippen LogP contribution in [0.2, 0.25) is 0 Å². The van der Waals surface area contributed by atoms with Crippen molar-refractivity contribution in [3.05, 3.63) is 29.8 Å². The molecule has 1 atom stereocenters. The molecular formula is C11H13FO4S. The molecule has 0 fully saturated rings. The lowest BCUT2D eigenvalue weighted by molar-refractivity contribution is -0.154. The fourth-order valence-corrected chi connectivity index (χ4v) is 2.00. The van der Waals surface area contributed by atoms with Crippen LogP contribution >= 0.6 is 0 Å². The summed E-state index contributed by atoms with van der Waals surface area (Å²) in [7, 11) is -2.37. The molecule has 17 heavy (non-hydrogen) atoms. The number of halogens is 1. The number of carbonyl (C=O) groups is 1. The lowest BCUT2D eigenvalue weighted by atomic mass is 9.98. The summed E-state index contributed by atoms with van der Waals surface area (Å²) in [6, 6.07) is 5.19. The van der Waals surface area contributed by atoms with Crippen molar-refractivity contribution in [2.45, 2.75) is 17.5 Å². The molecule has 1 aromatic carbocycles. The third-order valence-corrected chi connectivity index (χ3v) is 3.48. The van der Waals surface area contributed by atoms with Crippen molar-refractivity contribution in [3.8, 4) is 0 Å². The van der Waals surface area contributed by atoms with Crippen molar-refractivity contribution in [3.63, 3.8) is 0 Å². The van der Waals surface area contributed by atoms with E-state index in [1.165, 1.54) is 18.2 Å². The van der Waals surface area contributed by atoms with E-state index < -0.39 is 21.5 Å². The number of esters is 1. The molecule has 0 amide bonds. The largest absolute Gasteiger partial charge is 0.466 e. The van der Waals surface area contributed by atoms with Crippen LogP contribution in [-0.2, 0) is 25.0 Å². The molecule has 0 saturated carbocycles. The summed E-state index contributed by atoms with van der Waals surface area (Å²) in [5.74, 6) is -1.07. The molecule has 0 aliphatic heterocycles. The van der Waals surface area contributed by atoms with Gasteiger partial charge in [0.15, 0.2) is 9.84 Å². The number of sulfone groups is 1. The highest BCUT2D eigenvalue weighted by molar-refractivity contribution is 7.90. The standard InChI is InChI=1S/C11H13FO4S/c1-11(12,10(13)16-2)8-5-4-6-9(7-8)17(3,14)15/h4-7H,1-3H3. The van der Waals surface area contributed by atoms with Gasteiger partial charge < -0.3 is 4.74 Å². The minimum atomic E-state index is -3.44. The van der Waals surface area contributed by atoms with Gasteiger partial charge in [-0.05, 0) is 19.1 Å². The smallest absolute Gasteiger partial charge is 0.348 e. The van der Waals surface area contributed by atoms with Gasteiger partial charge in [-0.2, -0.15) is 0 Å². The van der Waals surface area contributed by atoms with Crippen LogP contribution in [0.25, 0.3) is 0 Å². The van der Waals surface area contributed by atoms with Gasteiger partial charge in [-0.1, -0.05) is 12.1 Å². The number of alkyl halides is 1. The first-order chi connectivity index (χ1) is 7.69. The Bertz CT molecular complexity index is 534. The first-order valence-corrected chi connectivity index (χ1v) is 6.66. The van der Waals surface area contributed by atoms with Crippen molar-refractivity contribution in [2.75, 3.05) is 13.4 Å². The van der Waals surface area contributed by atoms with Gasteiger partial charge in [0, 0.05) is 11.8 Å². The highest BCUT2D eigenvalue weighted by Gasteiger charge is 2.36. The van der Waals surface area contributed by atoms with Gasteiger partial charge in [0.25, 0.3) is 0 Å². The van der Waals surface area contributed by atoms with Crippen LogP contribution in [0.15, 0.2) is 29.2 Å². The van der Waals surface area contributed by atoms with Crippen LogP contribution in [0.4, 0.5) is 4.39 Å². The van der Waals surface area contributed by atoms with Gasteiger partial charge in [0.1, 0.15) is 0 Å². The molecule has 1 aromatic rings. The predicted octanol–water partition coefficient (Wildman–Crippen LogP) is 1.45. The molecule has 0 radical (unpaired) electrons.